The van der Waals surface area contributed by atoms with Crippen molar-refractivity contribution in [3.8, 4) is 34.2 Å². The smallest absolute Gasteiger partial charge is 0.164 e. The van der Waals surface area contributed by atoms with Gasteiger partial charge in [0, 0.05) is 65.1 Å². The van der Waals surface area contributed by atoms with Crippen LogP contribution in [0.1, 0.15) is 0 Å². The average molecular weight is 773 g/mol. The monoisotopic (exact) mass is 772 g/mol. The maximum absolute atomic E-state index is 6.90. The molecular formula is C53H32N4OS. The average Bonchev–Trinajstić information content (AvgIpc) is 3.86. The minimum atomic E-state index is 0.568. The molecule has 0 spiro atoms. The van der Waals surface area contributed by atoms with E-state index in [-0.39, 0.29) is 0 Å². The summed E-state index contributed by atoms with van der Waals surface area (Å²) in [5, 5.41) is 9.03. The maximum atomic E-state index is 6.90. The SMILES string of the molecule is c1ccc(-c2nc(-c3ccccc3)nc(-c3cc(N(c4ccc5ccccc5c4)c4ccc5sc6ccccc6c5c4)cc4oc5cc6ccccc6cc5c34)n2)cc1. The second-order valence-corrected chi connectivity index (χ2v) is 15.9. The Morgan fingerprint density at radius 1 is 0.373 bits per heavy atom. The lowest BCUT2D eigenvalue weighted by Crippen LogP contribution is -2.10. The highest BCUT2D eigenvalue weighted by molar-refractivity contribution is 7.25. The Hall–Kier alpha value is -7.67. The van der Waals surface area contributed by atoms with Crippen LogP contribution in [0.15, 0.2) is 199 Å². The molecule has 59 heavy (non-hydrogen) atoms. The lowest BCUT2D eigenvalue weighted by Gasteiger charge is -2.26. The molecule has 0 fully saturated rings. The van der Waals surface area contributed by atoms with Crippen LogP contribution in [0.4, 0.5) is 17.1 Å². The van der Waals surface area contributed by atoms with Crippen LogP contribution >= 0.6 is 11.3 Å². The summed E-state index contributed by atoms with van der Waals surface area (Å²) in [6.45, 7) is 0. The second-order valence-electron chi connectivity index (χ2n) is 14.8. The third kappa shape index (κ3) is 5.72. The van der Waals surface area contributed by atoms with Crippen LogP contribution in [-0.2, 0) is 0 Å². The number of furan rings is 1. The Labute approximate surface area is 343 Å². The van der Waals surface area contributed by atoms with E-state index in [4.69, 9.17) is 19.4 Å². The minimum Gasteiger partial charge on any atom is -0.456 e. The Morgan fingerprint density at radius 3 is 1.69 bits per heavy atom. The van der Waals surface area contributed by atoms with Gasteiger partial charge in [0.15, 0.2) is 17.5 Å². The van der Waals surface area contributed by atoms with Crippen molar-refractivity contribution in [2.45, 2.75) is 0 Å². The number of anilines is 3. The van der Waals surface area contributed by atoms with Crippen LogP contribution in [-0.4, -0.2) is 15.0 Å². The fraction of sp³-hybridized carbons (Fsp3) is 0. The molecular weight excluding hydrogens is 741 g/mol. The lowest BCUT2D eigenvalue weighted by atomic mass is 10.0. The summed E-state index contributed by atoms with van der Waals surface area (Å²) < 4.78 is 9.43. The van der Waals surface area contributed by atoms with Gasteiger partial charge in [0.25, 0.3) is 0 Å². The van der Waals surface area contributed by atoms with Gasteiger partial charge in [0.05, 0.1) is 5.69 Å². The molecule has 0 aliphatic rings. The van der Waals surface area contributed by atoms with E-state index < -0.39 is 0 Å². The largest absolute Gasteiger partial charge is 0.456 e. The van der Waals surface area contributed by atoms with Gasteiger partial charge < -0.3 is 9.32 Å². The summed E-state index contributed by atoms with van der Waals surface area (Å²) in [6, 6.07) is 68.1. The van der Waals surface area contributed by atoms with E-state index in [1.54, 1.807) is 0 Å². The van der Waals surface area contributed by atoms with E-state index >= 15 is 0 Å². The van der Waals surface area contributed by atoms with E-state index in [9.17, 15) is 0 Å². The number of fused-ring (bicyclic) bond motifs is 8. The quantitative estimate of drug-likeness (QED) is 0.168. The van der Waals surface area contributed by atoms with Gasteiger partial charge in [-0.05, 0) is 76.1 Å². The Bertz CT molecular complexity index is 3520. The first-order chi connectivity index (χ1) is 29.2. The molecule has 0 radical (unpaired) electrons. The first kappa shape index (κ1) is 33.5. The molecule has 0 N–H and O–H groups in total. The number of thiophene rings is 1. The molecule has 0 saturated heterocycles. The van der Waals surface area contributed by atoms with E-state index in [1.807, 2.05) is 72.0 Å². The molecule has 12 rings (SSSR count). The Kier molecular flexibility index (Phi) is 7.64. The molecule has 0 bridgehead atoms. The van der Waals surface area contributed by atoms with Gasteiger partial charge in [-0.25, -0.2) is 15.0 Å². The van der Waals surface area contributed by atoms with Gasteiger partial charge in [-0.2, -0.15) is 0 Å². The zero-order valence-electron chi connectivity index (χ0n) is 31.6. The van der Waals surface area contributed by atoms with E-state index in [1.165, 1.54) is 25.6 Å². The highest BCUT2D eigenvalue weighted by atomic mass is 32.1. The molecule has 3 heterocycles. The van der Waals surface area contributed by atoms with Crippen LogP contribution in [0.5, 0.6) is 0 Å². The first-order valence-electron chi connectivity index (χ1n) is 19.7. The van der Waals surface area contributed by atoms with E-state index in [0.717, 1.165) is 71.8 Å². The van der Waals surface area contributed by atoms with E-state index in [0.29, 0.717) is 17.5 Å². The van der Waals surface area contributed by atoms with Gasteiger partial charge in [0.2, 0.25) is 0 Å². The van der Waals surface area contributed by atoms with Gasteiger partial charge in [0.1, 0.15) is 11.2 Å². The minimum absolute atomic E-state index is 0.568. The zero-order valence-corrected chi connectivity index (χ0v) is 32.4. The van der Waals surface area contributed by atoms with Crippen molar-refractivity contribution in [2.75, 3.05) is 4.90 Å². The van der Waals surface area contributed by atoms with Crippen LogP contribution in [0.25, 0.3) is 97.8 Å². The number of aromatic nitrogens is 3. The zero-order chi connectivity index (χ0) is 38.9. The fourth-order valence-electron chi connectivity index (χ4n) is 8.43. The number of hydrogen-bond acceptors (Lipinski definition) is 6. The third-order valence-corrected chi connectivity index (χ3v) is 12.4. The third-order valence-electron chi connectivity index (χ3n) is 11.2. The lowest BCUT2D eigenvalue weighted by molar-refractivity contribution is 0.669. The number of rotatable bonds is 6. The standard InChI is InChI=1S/C53H32N4OS/c1-3-14-34(15-4-1)51-54-52(35-16-5-2-6-17-35)56-53(55-51)45-31-41(32-47-50(45)44-28-37-19-9-10-20-38(37)29-46(44)58-47)57(39-24-23-33-13-7-8-18-36(33)27-39)40-25-26-49-43(30-40)42-21-11-12-22-48(42)59-49/h1-32H. The van der Waals surface area contributed by atoms with Crippen molar-refractivity contribution >= 4 is 92.1 Å². The summed E-state index contributed by atoms with van der Waals surface area (Å²) in [5.41, 5.74) is 7.23. The summed E-state index contributed by atoms with van der Waals surface area (Å²) in [4.78, 5) is 17.9. The van der Waals surface area contributed by atoms with Gasteiger partial charge >= 0.3 is 0 Å². The van der Waals surface area contributed by atoms with Crippen molar-refractivity contribution < 1.29 is 4.42 Å². The maximum Gasteiger partial charge on any atom is 0.164 e. The molecule has 0 atom stereocenters. The topological polar surface area (TPSA) is 55.1 Å². The summed E-state index contributed by atoms with van der Waals surface area (Å²) >= 11 is 1.82. The highest BCUT2D eigenvalue weighted by Gasteiger charge is 2.23. The molecule has 6 heteroatoms. The highest BCUT2D eigenvalue weighted by Crippen LogP contribution is 2.46. The predicted octanol–water partition coefficient (Wildman–Crippen LogP) is 14.9. The molecule has 12 aromatic rings. The van der Waals surface area contributed by atoms with Crippen molar-refractivity contribution in [3.63, 3.8) is 0 Å². The molecule has 0 saturated carbocycles. The predicted molar refractivity (Wildman–Crippen MR) is 246 cm³/mol. The molecule has 5 nitrogen and oxygen atoms in total. The van der Waals surface area contributed by atoms with E-state index in [2.05, 4.69) is 138 Å². The molecule has 9 aromatic carbocycles. The molecule has 0 aliphatic heterocycles. The van der Waals surface area contributed by atoms with Gasteiger partial charge in [-0.3, -0.25) is 0 Å². The Morgan fingerprint density at radius 2 is 0.949 bits per heavy atom. The van der Waals surface area contributed by atoms with Crippen molar-refractivity contribution in [2.24, 2.45) is 0 Å². The summed E-state index contributed by atoms with van der Waals surface area (Å²) in [6.07, 6.45) is 0. The van der Waals surface area contributed by atoms with Crippen molar-refractivity contribution in [3.05, 3.63) is 194 Å². The first-order valence-corrected chi connectivity index (χ1v) is 20.5. The van der Waals surface area contributed by atoms with Crippen LogP contribution in [0, 0.1) is 0 Å². The van der Waals surface area contributed by atoms with Crippen molar-refractivity contribution in [1.82, 2.24) is 15.0 Å². The Balaban J connectivity index is 1.18. The van der Waals surface area contributed by atoms with Crippen LogP contribution < -0.4 is 4.90 Å². The van der Waals surface area contributed by atoms with Crippen molar-refractivity contribution in [1.29, 1.82) is 0 Å². The van der Waals surface area contributed by atoms with Crippen LogP contribution in [0.3, 0.4) is 0 Å². The number of benzene rings is 9. The molecule has 0 unspecified atom stereocenters. The molecule has 276 valence electrons. The van der Waals surface area contributed by atoms with Gasteiger partial charge in [-0.15, -0.1) is 11.3 Å². The second kappa shape index (κ2) is 13.5. The molecule has 0 amide bonds. The molecule has 3 aromatic heterocycles. The van der Waals surface area contributed by atoms with Crippen LogP contribution in [0.2, 0.25) is 0 Å². The summed E-state index contributed by atoms with van der Waals surface area (Å²) in [7, 11) is 0. The fourth-order valence-corrected chi connectivity index (χ4v) is 9.51. The van der Waals surface area contributed by atoms with Gasteiger partial charge in [-0.1, -0.05) is 133 Å². The normalized spacial score (nSPS) is 11.7. The summed E-state index contributed by atoms with van der Waals surface area (Å²) in [5.74, 6) is 1.78. The number of nitrogens with zero attached hydrogens (tertiary/aromatic N) is 4. The molecule has 0 aliphatic carbocycles. The number of hydrogen-bond donors (Lipinski definition) is 0.